The Bertz CT molecular complexity index is 917. The average molecular weight is 295 g/mol. The van der Waals surface area contributed by atoms with E-state index in [9.17, 15) is 9.59 Å². The molecule has 6 heteroatoms. The lowest BCUT2D eigenvalue weighted by Gasteiger charge is -2.09. The molecule has 1 N–H and O–H groups in total. The number of nitrogens with zero attached hydrogens (tertiary/aromatic N) is 2. The molecule has 0 amide bonds. The van der Waals surface area contributed by atoms with Gasteiger partial charge < -0.3 is 9.72 Å². The maximum atomic E-state index is 11.8. The van der Waals surface area contributed by atoms with Gasteiger partial charge >= 0.3 is 5.97 Å². The van der Waals surface area contributed by atoms with Gasteiger partial charge in [-0.25, -0.2) is 9.78 Å². The summed E-state index contributed by atoms with van der Waals surface area (Å²) in [6.07, 6.45) is 3.34. The van der Waals surface area contributed by atoms with Gasteiger partial charge in [0.1, 0.15) is 5.69 Å². The largest absolute Gasteiger partial charge is 0.465 e. The van der Waals surface area contributed by atoms with E-state index in [1.807, 2.05) is 6.07 Å². The first-order valence-corrected chi connectivity index (χ1v) is 6.63. The van der Waals surface area contributed by atoms with Crippen LogP contribution < -0.4 is 5.56 Å². The zero-order valence-corrected chi connectivity index (χ0v) is 12.1. The van der Waals surface area contributed by atoms with Crippen LogP contribution in [0.5, 0.6) is 0 Å². The van der Waals surface area contributed by atoms with Crippen molar-refractivity contribution in [2.45, 2.75) is 6.92 Å². The molecule has 110 valence electrons. The Morgan fingerprint density at radius 3 is 2.82 bits per heavy atom. The Kier molecular flexibility index (Phi) is 3.42. The van der Waals surface area contributed by atoms with Gasteiger partial charge in [-0.1, -0.05) is 6.07 Å². The Labute approximate surface area is 125 Å². The predicted molar refractivity (Wildman–Crippen MR) is 81.7 cm³/mol. The molecule has 0 spiro atoms. The molecule has 2 aromatic heterocycles. The van der Waals surface area contributed by atoms with Crippen LogP contribution in [0.1, 0.15) is 16.1 Å². The second kappa shape index (κ2) is 5.40. The van der Waals surface area contributed by atoms with E-state index in [-0.39, 0.29) is 5.56 Å². The Hall–Kier alpha value is -3.02. The number of esters is 1. The van der Waals surface area contributed by atoms with E-state index in [1.54, 1.807) is 37.5 Å². The van der Waals surface area contributed by atoms with Crippen LogP contribution >= 0.6 is 0 Å². The van der Waals surface area contributed by atoms with Gasteiger partial charge in [0, 0.05) is 23.5 Å². The molecule has 0 aliphatic carbocycles. The maximum Gasteiger partial charge on any atom is 0.337 e. The molecule has 22 heavy (non-hydrogen) atoms. The van der Waals surface area contributed by atoms with Crippen molar-refractivity contribution in [1.29, 1.82) is 0 Å². The molecule has 3 aromatic rings. The molecule has 0 saturated heterocycles. The molecule has 0 aliphatic rings. The first kappa shape index (κ1) is 13.9. The van der Waals surface area contributed by atoms with E-state index in [0.29, 0.717) is 27.9 Å². The topological polar surface area (TPSA) is 84.9 Å². The number of aryl methyl sites for hydroxylation is 1. The summed E-state index contributed by atoms with van der Waals surface area (Å²) in [5.74, 6) is -0.478. The summed E-state index contributed by atoms with van der Waals surface area (Å²) >= 11 is 0. The van der Waals surface area contributed by atoms with Gasteiger partial charge in [-0.2, -0.15) is 0 Å². The highest BCUT2D eigenvalue weighted by Gasteiger charge is 2.14. The highest BCUT2D eigenvalue weighted by Crippen LogP contribution is 2.27. The van der Waals surface area contributed by atoms with Gasteiger partial charge in [-0.15, -0.1) is 0 Å². The molecule has 0 bridgehead atoms. The van der Waals surface area contributed by atoms with Crippen LogP contribution in [0, 0.1) is 6.92 Å². The monoisotopic (exact) mass is 295 g/mol. The summed E-state index contributed by atoms with van der Waals surface area (Å²) in [5.41, 5.74) is 3.03. The van der Waals surface area contributed by atoms with Gasteiger partial charge in [0.15, 0.2) is 0 Å². The molecule has 0 radical (unpaired) electrons. The molecule has 0 saturated carbocycles. The van der Waals surface area contributed by atoms with Gasteiger partial charge in [0.25, 0.3) is 5.56 Å². The lowest BCUT2D eigenvalue weighted by molar-refractivity contribution is 0.0601. The minimum absolute atomic E-state index is 0.286. The minimum atomic E-state index is -0.478. The normalized spacial score (nSPS) is 10.6. The van der Waals surface area contributed by atoms with Crippen molar-refractivity contribution >= 4 is 17.0 Å². The molecule has 3 rings (SSSR count). The Balaban J connectivity index is 2.39. The summed E-state index contributed by atoms with van der Waals surface area (Å²) in [6, 6.07) is 6.92. The first-order valence-electron chi connectivity index (χ1n) is 6.63. The number of ether oxygens (including phenoxy) is 1. The average Bonchev–Trinajstić information content (AvgIpc) is 2.55. The number of nitrogens with one attached hydrogen (secondary N) is 1. The second-order valence-corrected chi connectivity index (χ2v) is 4.80. The van der Waals surface area contributed by atoms with Crippen molar-refractivity contribution in [3.63, 3.8) is 0 Å². The highest BCUT2D eigenvalue weighted by molar-refractivity contribution is 6.00. The van der Waals surface area contributed by atoms with Crippen LogP contribution in [0.15, 0.2) is 41.5 Å². The standard InChI is InChI=1S/C16H13N3O3/c1-9-15(20)19-13-7-11(16(21)22-2)6-12(14(13)18-9)10-4-3-5-17-8-10/h3-8H,1-2H3,(H,19,20). The van der Waals surface area contributed by atoms with Gasteiger partial charge in [-0.05, 0) is 25.1 Å². The summed E-state index contributed by atoms with van der Waals surface area (Å²) in [5, 5.41) is 0. The number of H-pyrrole nitrogens is 1. The molecule has 2 heterocycles. The predicted octanol–water partition coefficient (Wildman–Crippen LogP) is 2.08. The van der Waals surface area contributed by atoms with Crippen LogP contribution in [0.4, 0.5) is 0 Å². The zero-order valence-electron chi connectivity index (χ0n) is 12.1. The molecule has 1 aromatic carbocycles. The summed E-state index contributed by atoms with van der Waals surface area (Å²) in [4.78, 5) is 34.8. The fourth-order valence-electron chi connectivity index (χ4n) is 2.26. The van der Waals surface area contributed by atoms with Gasteiger partial charge in [-0.3, -0.25) is 9.78 Å². The number of aromatic nitrogens is 3. The number of benzene rings is 1. The molecule has 0 fully saturated rings. The fraction of sp³-hybridized carbons (Fsp3) is 0.125. The summed E-state index contributed by atoms with van der Waals surface area (Å²) < 4.78 is 4.76. The van der Waals surface area contributed by atoms with E-state index >= 15 is 0 Å². The molecular formula is C16H13N3O3. The van der Waals surface area contributed by atoms with Crippen LogP contribution in [-0.4, -0.2) is 28.0 Å². The van der Waals surface area contributed by atoms with E-state index in [2.05, 4.69) is 15.0 Å². The number of fused-ring (bicyclic) bond motifs is 1. The molecular weight excluding hydrogens is 282 g/mol. The highest BCUT2D eigenvalue weighted by atomic mass is 16.5. The molecule has 6 nitrogen and oxygen atoms in total. The van der Waals surface area contributed by atoms with E-state index in [1.165, 1.54) is 7.11 Å². The van der Waals surface area contributed by atoms with E-state index in [4.69, 9.17) is 4.74 Å². The van der Waals surface area contributed by atoms with Crippen LogP contribution in [0.2, 0.25) is 0 Å². The number of hydrogen-bond donors (Lipinski definition) is 1. The lowest BCUT2D eigenvalue weighted by Crippen LogP contribution is -2.13. The third kappa shape index (κ3) is 2.35. The summed E-state index contributed by atoms with van der Waals surface area (Å²) in [7, 11) is 1.31. The van der Waals surface area contributed by atoms with Crippen molar-refractivity contribution in [1.82, 2.24) is 15.0 Å². The fourth-order valence-corrected chi connectivity index (χ4v) is 2.26. The lowest BCUT2D eigenvalue weighted by atomic mass is 10.0. The SMILES string of the molecule is COC(=O)c1cc(-c2cccnc2)c2nc(C)c(=O)[nH]c2c1. The number of hydrogen-bond acceptors (Lipinski definition) is 5. The third-order valence-electron chi connectivity index (χ3n) is 3.36. The second-order valence-electron chi connectivity index (χ2n) is 4.80. The number of rotatable bonds is 2. The van der Waals surface area contributed by atoms with Gasteiger partial charge in [0.2, 0.25) is 0 Å². The Morgan fingerprint density at radius 1 is 1.32 bits per heavy atom. The summed E-state index contributed by atoms with van der Waals surface area (Å²) in [6.45, 7) is 1.64. The Morgan fingerprint density at radius 2 is 2.14 bits per heavy atom. The van der Waals surface area contributed by atoms with Crippen LogP contribution in [0.25, 0.3) is 22.2 Å². The number of carbonyl (C=O) groups is 1. The number of aromatic amines is 1. The molecule has 0 atom stereocenters. The smallest absolute Gasteiger partial charge is 0.337 e. The van der Waals surface area contributed by atoms with Crippen molar-refractivity contribution in [2.75, 3.05) is 7.11 Å². The minimum Gasteiger partial charge on any atom is -0.465 e. The van der Waals surface area contributed by atoms with Crippen molar-refractivity contribution in [2.24, 2.45) is 0 Å². The number of pyridine rings is 1. The van der Waals surface area contributed by atoms with Crippen LogP contribution in [0.3, 0.4) is 0 Å². The van der Waals surface area contributed by atoms with E-state index in [0.717, 1.165) is 5.56 Å². The number of carbonyl (C=O) groups excluding carboxylic acids is 1. The van der Waals surface area contributed by atoms with Crippen molar-refractivity contribution in [3.05, 3.63) is 58.3 Å². The van der Waals surface area contributed by atoms with Crippen molar-refractivity contribution in [3.8, 4) is 11.1 Å². The quantitative estimate of drug-likeness (QED) is 0.732. The molecule has 0 unspecified atom stereocenters. The van der Waals surface area contributed by atoms with Gasteiger partial charge in [0.05, 0.1) is 23.7 Å². The van der Waals surface area contributed by atoms with Crippen molar-refractivity contribution < 1.29 is 9.53 Å². The first-order chi connectivity index (χ1) is 10.6. The zero-order chi connectivity index (χ0) is 15.7. The van der Waals surface area contributed by atoms with E-state index < -0.39 is 5.97 Å². The molecule has 0 aliphatic heterocycles. The number of methoxy groups -OCH3 is 1. The van der Waals surface area contributed by atoms with Crippen LogP contribution in [-0.2, 0) is 4.74 Å². The third-order valence-corrected chi connectivity index (χ3v) is 3.36. The maximum absolute atomic E-state index is 11.8.